The lowest BCUT2D eigenvalue weighted by atomic mass is 9.93. The largest absolute Gasteiger partial charge is 0.481 e. The van der Waals surface area contributed by atoms with Gasteiger partial charge in [0.2, 0.25) is 0 Å². The Morgan fingerprint density at radius 1 is 1.33 bits per heavy atom. The van der Waals surface area contributed by atoms with Crippen molar-refractivity contribution in [2.75, 3.05) is 26.2 Å². The van der Waals surface area contributed by atoms with Gasteiger partial charge in [0.05, 0.1) is 17.9 Å². The number of ether oxygens (including phenoxy) is 1. The van der Waals surface area contributed by atoms with Crippen molar-refractivity contribution in [3.05, 3.63) is 0 Å². The monoisotopic (exact) mass is 352 g/mol. The van der Waals surface area contributed by atoms with Crippen molar-refractivity contribution >= 4 is 12.0 Å². The van der Waals surface area contributed by atoms with Crippen LogP contribution in [0.4, 0.5) is 18.0 Å². The van der Waals surface area contributed by atoms with Gasteiger partial charge >= 0.3 is 18.2 Å². The van der Waals surface area contributed by atoms with Crippen molar-refractivity contribution in [1.82, 2.24) is 10.2 Å². The molecule has 0 saturated carbocycles. The molecule has 2 aliphatic rings. The van der Waals surface area contributed by atoms with Crippen LogP contribution in [-0.4, -0.2) is 60.5 Å². The normalized spacial score (nSPS) is 30.8. The highest BCUT2D eigenvalue weighted by Gasteiger charge is 2.53. The third kappa shape index (κ3) is 4.12. The summed E-state index contributed by atoms with van der Waals surface area (Å²) in [5.41, 5.74) is 0. The number of carboxylic acid groups (broad SMARTS) is 1. The Kier molecular flexibility index (Phi) is 5.62. The van der Waals surface area contributed by atoms with Crippen LogP contribution in [0.25, 0.3) is 0 Å². The van der Waals surface area contributed by atoms with E-state index in [1.54, 1.807) is 0 Å². The van der Waals surface area contributed by atoms with E-state index in [0.717, 1.165) is 11.3 Å². The van der Waals surface area contributed by atoms with E-state index in [9.17, 15) is 22.8 Å². The number of hydrogen-bond acceptors (Lipinski definition) is 3. The zero-order chi connectivity index (χ0) is 18.1. The number of halogens is 3. The van der Waals surface area contributed by atoms with E-state index in [2.05, 4.69) is 5.32 Å². The van der Waals surface area contributed by atoms with E-state index < -0.39 is 43.1 Å². The molecular formula is C15H23F3N2O4. The van der Waals surface area contributed by atoms with Crippen LogP contribution >= 0.6 is 0 Å². The summed E-state index contributed by atoms with van der Waals surface area (Å²) in [5, 5.41) is 11.6. The summed E-state index contributed by atoms with van der Waals surface area (Å²) in [6.45, 7) is 3.88. The van der Waals surface area contributed by atoms with Gasteiger partial charge < -0.3 is 20.1 Å². The molecule has 0 aromatic carbocycles. The molecule has 2 amide bonds. The van der Waals surface area contributed by atoms with E-state index >= 15 is 0 Å². The topological polar surface area (TPSA) is 78.9 Å². The lowest BCUT2D eigenvalue weighted by Gasteiger charge is -2.24. The first-order chi connectivity index (χ1) is 11.1. The number of rotatable bonds is 4. The number of nitrogens with zero attached hydrogens (tertiary/aromatic N) is 1. The second-order valence-electron chi connectivity index (χ2n) is 6.81. The maximum Gasteiger partial charge on any atom is 0.394 e. The Bertz CT molecular complexity index is 484. The molecule has 2 aliphatic heterocycles. The van der Waals surface area contributed by atoms with Crippen LogP contribution in [0.5, 0.6) is 0 Å². The number of amides is 2. The number of carbonyl (C=O) groups is 2. The molecule has 4 atom stereocenters. The highest BCUT2D eigenvalue weighted by atomic mass is 19.4. The van der Waals surface area contributed by atoms with Gasteiger partial charge in [-0.05, 0) is 12.3 Å². The summed E-state index contributed by atoms with van der Waals surface area (Å²) in [5.74, 6) is -4.78. The Morgan fingerprint density at radius 3 is 2.50 bits per heavy atom. The molecule has 2 unspecified atom stereocenters. The molecule has 2 saturated heterocycles. The SMILES string of the molecule is CC(C)C1OCCC1CNC(=O)N1C[C@@H](C(F)(F)F)[C@H](C(=O)O)C1. The molecular weight excluding hydrogens is 329 g/mol. The van der Waals surface area contributed by atoms with E-state index in [-0.39, 0.29) is 17.9 Å². The van der Waals surface area contributed by atoms with Gasteiger partial charge in [-0.3, -0.25) is 4.79 Å². The first kappa shape index (κ1) is 18.8. The molecule has 138 valence electrons. The maximum absolute atomic E-state index is 12.9. The quantitative estimate of drug-likeness (QED) is 0.811. The molecule has 2 rings (SSSR count). The van der Waals surface area contributed by atoms with Crippen molar-refractivity contribution in [3.63, 3.8) is 0 Å². The zero-order valence-corrected chi connectivity index (χ0v) is 13.7. The Balaban J connectivity index is 1.92. The van der Waals surface area contributed by atoms with Gasteiger partial charge in [-0.1, -0.05) is 13.8 Å². The number of urea groups is 1. The molecule has 6 nitrogen and oxygen atoms in total. The van der Waals surface area contributed by atoms with E-state index in [1.165, 1.54) is 0 Å². The van der Waals surface area contributed by atoms with Crippen LogP contribution in [0.3, 0.4) is 0 Å². The van der Waals surface area contributed by atoms with Crippen LogP contribution in [0, 0.1) is 23.7 Å². The van der Waals surface area contributed by atoms with Gasteiger partial charge in [-0.25, -0.2) is 4.79 Å². The van der Waals surface area contributed by atoms with Gasteiger partial charge in [0.25, 0.3) is 0 Å². The van der Waals surface area contributed by atoms with E-state index in [1.807, 2.05) is 13.8 Å². The minimum atomic E-state index is -4.64. The van der Waals surface area contributed by atoms with Crippen molar-refractivity contribution in [2.24, 2.45) is 23.7 Å². The number of aliphatic carboxylic acids is 1. The molecule has 0 aromatic rings. The van der Waals surface area contributed by atoms with Gasteiger partial charge in [-0.15, -0.1) is 0 Å². The zero-order valence-electron chi connectivity index (χ0n) is 13.7. The Hall–Kier alpha value is -1.51. The summed E-state index contributed by atoms with van der Waals surface area (Å²) < 4.78 is 44.4. The summed E-state index contributed by atoms with van der Waals surface area (Å²) in [6.07, 6.45) is -3.84. The van der Waals surface area contributed by atoms with Gasteiger partial charge in [0.15, 0.2) is 0 Å². The van der Waals surface area contributed by atoms with Crippen LogP contribution in [0.15, 0.2) is 0 Å². The third-order valence-corrected chi connectivity index (χ3v) is 4.78. The van der Waals surface area contributed by atoms with Gasteiger partial charge in [-0.2, -0.15) is 13.2 Å². The fourth-order valence-corrected chi connectivity index (χ4v) is 3.49. The average Bonchev–Trinajstić information content (AvgIpc) is 3.10. The summed E-state index contributed by atoms with van der Waals surface area (Å²) in [6, 6.07) is -0.651. The molecule has 24 heavy (non-hydrogen) atoms. The molecule has 2 fully saturated rings. The molecule has 9 heteroatoms. The van der Waals surface area contributed by atoms with Crippen molar-refractivity contribution < 1.29 is 32.6 Å². The van der Waals surface area contributed by atoms with E-state index in [0.29, 0.717) is 13.2 Å². The average molecular weight is 352 g/mol. The molecule has 0 spiro atoms. The maximum atomic E-state index is 12.9. The second kappa shape index (κ2) is 7.16. The summed E-state index contributed by atoms with van der Waals surface area (Å²) in [4.78, 5) is 24.1. The van der Waals surface area contributed by atoms with Crippen LogP contribution in [0.2, 0.25) is 0 Å². The molecule has 0 radical (unpaired) electrons. The molecule has 0 aliphatic carbocycles. The summed E-state index contributed by atoms with van der Waals surface area (Å²) in [7, 11) is 0. The second-order valence-corrected chi connectivity index (χ2v) is 6.81. The van der Waals surface area contributed by atoms with Crippen molar-refractivity contribution in [3.8, 4) is 0 Å². The molecule has 0 aromatic heterocycles. The molecule has 2 N–H and O–H groups in total. The third-order valence-electron chi connectivity index (χ3n) is 4.78. The number of carbonyl (C=O) groups excluding carboxylic acids is 1. The van der Waals surface area contributed by atoms with Gasteiger partial charge in [0.1, 0.15) is 0 Å². The van der Waals surface area contributed by atoms with Crippen molar-refractivity contribution in [2.45, 2.75) is 32.5 Å². The summed E-state index contributed by atoms with van der Waals surface area (Å²) >= 11 is 0. The number of nitrogens with one attached hydrogen (secondary N) is 1. The number of carboxylic acids is 1. The number of likely N-dealkylation sites (tertiary alicyclic amines) is 1. The van der Waals surface area contributed by atoms with E-state index in [4.69, 9.17) is 9.84 Å². The smallest absolute Gasteiger partial charge is 0.394 e. The fraction of sp³-hybridized carbons (Fsp3) is 0.867. The van der Waals surface area contributed by atoms with Crippen LogP contribution in [0.1, 0.15) is 20.3 Å². The fourth-order valence-electron chi connectivity index (χ4n) is 3.49. The van der Waals surface area contributed by atoms with Crippen LogP contribution < -0.4 is 5.32 Å². The highest BCUT2D eigenvalue weighted by Crippen LogP contribution is 2.37. The Morgan fingerprint density at radius 2 is 2.00 bits per heavy atom. The minimum Gasteiger partial charge on any atom is -0.481 e. The Labute approximate surface area is 138 Å². The number of hydrogen-bond donors (Lipinski definition) is 2. The van der Waals surface area contributed by atoms with Gasteiger partial charge in [0, 0.05) is 32.2 Å². The molecule has 0 bridgehead atoms. The standard InChI is InChI=1S/C15H23F3N2O4/c1-8(2)12-9(3-4-24-12)5-19-14(23)20-6-10(13(21)22)11(7-20)15(16,17)18/h8-12H,3-7H2,1-2H3,(H,19,23)(H,21,22)/t9?,10-,11-,12?/m1/s1. The molecule has 2 heterocycles. The lowest BCUT2D eigenvalue weighted by Crippen LogP contribution is -2.43. The predicted octanol–water partition coefficient (Wildman–Crippen LogP) is 1.95. The predicted molar refractivity (Wildman–Crippen MR) is 78.3 cm³/mol. The first-order valence-corrected chi connectivity index (χ1v) is 8.05. The lowest BCUT2D eigenvalue weighted by molar-refractivity contribution is -0.187. The first-order valence-electron chi connectivity index (χ1n) is 8.05. The number of alkyl halides is 3. The van der Waals surface area contributed by atoms with Crippen molar-refractivity contribution in [1.29, 1.82) is 0 Å². The highest BCUT2D eigenvalue weighted by molar-refractivity contribution is 5.77. The van der Waals surface area contributed by atoms with Crippen LogP contribution in [-0.2, 0) is 9.53 Å². The minimum absolute atomic E-state index is 0.0126.